The van der Waals surface area contributed by atoms with Crippen molar-refractivity contribution in [1.29, 1.82) is 0 Å². The van der Waals surface area contributed by atoms with E-state index in [1.165, 1.54) is 4.90 Å². The molecule has 21 heavy (non-hydrogen) atoms. The highest BCUT2D eigenvalue weighted by Crippen LogP contribution is 2.33. The molecule has 0 bridgehead atoms. The molecule has 2 amide bonds. The van der Waals surface area contributed by atoms with Crippen molar-refractivity contribution < 1.29 is 14.7 Å². The number of fused-ring (bicyclic) bond motifs is 1. The van der Waals surface area contributed by atoms with Gasteiger partial charge in [-0.2, -0.15) is 0 Å². The highest BCUT2D eigenvalue weighted by Gasteiger charge is 2.39. The lowest BCUT2D eigenvalue weighted by atomic mass is 10.1. The molecular formula is C16H22N2O3. The number of carbonyl (C=O) groups is 2. The highest BCUT2D eigenvalue weighted by molar-refractivity contribution is 6.01. The molecule has 1 N–H and O–H groups in total. The van der Waals surface area contributed by atoms with E-state index in [4.69, 9.17) is 0 Å². The van der Waals surface area contributed by atoms with E-state index < -0.39 is 12.0 Å². The Morgan fingerprint density at radius 1 is 1.38 bits per heavy atom. The fourth-order valence-corrected chi connectivity index (χ4v) is 2.76. The molecule has 1 aliphatic heterocycles. The Labute approximate surface area is 125 Å². The summed E-state index contributed by atoms with van der Waals surface area (Å²) in [6.45, 7) is 7.20. The SMILES string of the molecule is CCN(CC(C)C)C(=O)N1c2ccccc2CC1C(=O)O. The van der Waals surface area contributed by atoms with Crippen LogP contribution in [0.25, 0.3) is 0 Å². The Hall–Kier alpha value is -2.04. The van der Waals surface area contributed by atoms with Crippen LogP contribution in [0.15, 0.2) is 24.3 Å². The second-order valence-corrected chi connectivity index (χ2v) is 5.77. The van der Waals surface area contributed by atoms with Crippen molar-refractivity contribution in [3.8, 4) is 0 Å². The molecule has 0 saturated carbocycles. The highest BCUT2D eigenvalue weighted by atomic mass is 16.4. The molecule has 0 aromatic heterocycles. The van der Waals surface area contributed by atoms with Gasteiger partial charge in [-0.15, -0.1) is 0 Å². The average Bonchev–Trinajstić information content (AvgIpc) is 2.83. The van der Waals surface area contributed by atoms with Gasteiger partial charge in [-0.25, -0.2) is 9.59 Å². The van der Waals surface area contributed by atoms with Gasteiger partial charge < -0.3 is 10.0 Å². The number of carboxylic acid groups (broad SMARTS) is 1. The van der Waals surface area contributed by atoms with Gasteiger partial charge >= 0.3 is 12.0 Å². The van der Waals surface area contributed by atoms with E-state index >= 15 is 0 Å². The zero-order valence-electron chi connectivity index (χ0n) is 12.7. The minimum absolute atomic E-state index is 0.219. The Bertz CT molecular complexity index is 542. The van der Waals surface area contributed by atoms with Gasteiger partial charge in [0.2, 0.25) is 0 Å². The van der Waals surface area contributed by atoms with E-state index in [9.17, 15) is 14.7 Å². The normalized spacial score (nSPS) is 17.0. The van der Waals surface area contributed by atoms with E-state index in [2.05, 4.69) is 0 Å². The molecule has 2 rings (SSSR count). The molecule has 1 aromatic carbocycles. The van der Waals surface area contributed by atoms with Crippen LogP contribution in [-0.4, -0.2) is 41.1 Å². The fraction of sp³-hybridized carbons (Fsp3) is 0.500. The maximum Gasteiger partial charge on any atom is 0.327 e. The van der Waals surface area contributed by atoms with Crippen LogP contribution in [0.5, 0.6) is 0 Å². The van der Waals surface area contributed by atoms with E-state index in [-0.39, 0.29) is 6.03 Å². The molecule has 1 unspecified atom stereocenters. The Kier molecular flexibility index (Phi) is 4.50. The fourth-order valence-electron chi connectivity index (χ4n) is 2.76. The lowest BCUT2D eigenvalue weighted by molar-refractivity contribution is -0.138. The second-order valence-electron chi connectivity index (χ2n) is 5.77. The van der Waals surface area contributed by atoms with Crippen LogP contribution < -0.4 is 4.90 Å². The first-order valence-corrected chi connectivity index (χ1v) is 7.34. The topological polar surface area (TPSA) is 60.9 Å². The molecule has 114 valence electrons. The number of benzene rings is 1. The predicted molar refractivity (Wildman–Crippen MR) is 81.5 cm³/mol. The summed E-state index contributed by atoms with van der Waals surface area (Å²) < 4.78 is 0. The zero-order chi connectivity index (χ0) is 15.6. The van der Waals surface area contributed by atoms with Gasteiger partial charge in [-0.05, 0) is 24.5 Å². The maximum atomic E-state index is 12.8. The van der Waals surface area contributed by atoms with Crippen LogP contribution in [0.1, 0.15) is 26.3 Å². The molecule has 0 aliphatic carbocycles. The summed E-state index contributed by atoms with van der Waals surface area (Å²) in [7, 11) is 0. The number of anilines is 1. The quantitative estimate of drug-likeness (QED) is 0.927. The van der Waals surface area contributed by atoms with Gasteiger partial charge in [-0.1, -0.05) is 32.0 Å². The van der Waals surface area contributed by atoms with E-state index in [1.54, 1.807) is 4.90 Å². The van der Waals surface area contributed by atoms with Crippen LogP contribution in [0.3, 0.4) is 0 Å². The average molecular weight is 290 g/mol. The lowest BCUT2D eigenvalue weighted by Gasteiger charge is -2.31. The van der Waals surface area contributed by atoms with Crippen molar-refractivity contribution in [2.75, 3.05) is 18.0 Å². The van der Waals surface area contributed by atoms with Gasteiger partial charge in [0.05, 0.1) is 0 Å². The van der Waals surface area contributed by atoms with Gasteiger partial charge in [0.1, 0.15) is 6.04 Å². The van der Waals surface area contributed by atoms with E-state index in [1.807, 2.05) is 45.0 Å². The van der Waals surface area contributed by atoms with Gasteiger partial charge in [0.25, 0.3) is 0 Å². The summed E-state index contributed by atoms with van der Waals surface area (Å²) in [5, 5.41) is 9.43. The molecule has 5 heteroatoms. The van der Waals surface area contributed by atoms with Crippen molar-refractivity contribution >= 4 is 17.7 Å². The molecule has 1 heterocycles. The molecule has 0 radical (unpaired) electrons. The summed E-state index contributed by atoms with van der Waals surface area (Å²) in [4.78, 5) is 27.4. The number of amides is 2. The van der Waals surface area contributed by atoms with Gasteiger partial charge in [0.15, 0.2) is 0 Å². The van der Waals surface area contributed by atoms with E-state index in [0.717, 1.165) is 11.3 Å². The predicted octanol–water partition coefficient (Wildman–Crippen LogP) is 2.60. The number of rotatable bonds is 4. The third-order valence-electron chi connectivity index (χ3n) is 3.71. The lowest BCUT2D eigenvalue weighted by Crippen LogP contribution is -2.50. The number of carbonyl (C=O) groups excluding carboxylic acids is 1. The number of hydrogen-bond acceptors (Lipinski definition) is 2. The first-order chi connectivity index (χ1) is 9.95. The van der Waals surface area contributed by atoms with Crippen molar-refractivity contribution in [3.05, 3.63) is 29.8 Å². The maximum absolute atomic E-state index is 12.8. The summed E-state index contributed by atoms with van der Waals surface area (Å²) in [5.41, 5.74) is 1.64. The minimum atomic E-state index is -0.958. The number of carboxylic acids is 1. The second kappa shape index (κ2) is 6.16. The zero-order valence-corrected chi connectivity index (χ0v) is 12.7. The molecule has 0 spiro atoms. The third-order valence-corrected chi connectivity index (χ3v) is 3.71. The largest absolute Gasteiger partial charge is 0.480 e. The van der Waals surface area contributed by atoms with Crippen LogP contribution in [-0.2, 0) is 11.2 Å². The van der Waals surface area contributed by atoms with Crippen LogP contribution in [0.2, 0.25) is 0 Å². The Balaban J connectivity index is 2.33. The molecule has 1 aliphatic rings. The Morgan fingerprint density at radius 3 is 2.62 bits per heavy atom. The van der Waals surface area contributed by atoms with E-state index in [0.29, 0.717) is 25.4 Å². The number of urea groups is 1. The van der Waals surface area contributed by atoms with Crippen LogP contribution >= 0.6 is 0 Å². The van der Waals surface area contributed by atoms with Crippen molar-refractivity contribution in [2.45, 2.75) is 33.2 Å². The van der Waals surface area contributed by atoms with Gasteiger partial charge in [-0.3, -0.25) is 4.90 Å². The first-order valence-electron chi connectivity index (χ1n) is 7.34. The summed E-state index contributed by atoms with van der Waals surface area (Å²) in [5.74, 6) is -0.616. The van der Waals surface area contributed by atoms with Crippen LogP contribution in [0, 0.1) is 5.92 Å². The van der Waals surface area contributed by atoms with Crippen molar-refractivity contribution in [2.24, 2.45) is 5.92 Å². The third kappa shape index (κ3) is 3.01. The summed E-state index contributed by atoms with van der Waals surface area (Å²) in [6.07, 6.45) is 0.372. The number of nitrogens with zero attached hydrogens (tertiary/aromatic N) is 2. The Morgan fingerprint density at radius 2 is 2.05 bits per heavy atom. The number of para-hydroxylation sites is 1. The van der Waals surface area contributed by atoms with Crippen molar-refractivity contribution in [3.63, 3.8) is 0 Å². The standard InChI is InChI=1S/C16H22N2O3/c1-4-17(10-11(2)3)16(21)18-13-8-6-5-7-12(13)9-14(18)15(19)20/h5-8,11,14H,4,9-10H2,1-3H3,(H,19,20). The number of hydrogen-bond donors (Lipinski definition) is 1. The number of aliphatic carboxylic acids is 1. The van der Waals surface area contributed by atoms with Gasteiger partial charge in [0, 0.05) is 25.2 Å². The molecule has 1 atom stereocenters. The van der Waals surface area contributed by atoms with Crippen molar-refractivity contribution in [1.82, 2.24) is 4.90 Å². The molecule has 0 saturated heterocycles. The minimum Gasteiger partial charge on any atom is -0.480 e. The first kappa shape index (κ1) is 15.4. The summed E-state index contributed by atoms with van der Waals surface area (Å²) in [6, 6.07) is 6.38. The molecule has 0 fully saturated rings. The molecule has 5 nitrogen and oxygen atoms in total. The smallest absolute Gasteiger partial charge is 0.327 e. The summed E-state index contributed by atoms with van der Waals surface area (Å²) >= 11 is 0. The molecule has 1 aromatic rings. The monoisotopic (exact) mass is 290 g/mol. The molecular weight excluding hydrogens is 268 g/mol. The van der Waals surface area contributed by atoms with Crippen LogP contribution in [0.4, 0.5) is 10.5 Å².